The van der Waals surface area contributed by atoms with E-state index in [0.29, 0.717) is 5.56 Å². The lowest BCUT2D eigenvalue weighted by atomic mass is 10.2. The summed E-state index contributed by atoms with van der Waals surface area (Å²) in [7, 11) is -4.25. The van der Waals surface area contributed by atoms with Crippen molar-refractivity contribution in [2.45, 2.75) is 10.3 Å². The zero-order chi connectivity index (χ0) is 24.1. The summed E-state index contributed by atoms with van der Waals surface area (Å²) in [5.74, 6) is -1.86. The molecule has 9 nitrogen and oxygen atoms in total. The second kappa shape index (κ2) is 9.92. The van der Waals surface area contributed by atoms with Crippen molar-refractivity contribution in [2.24, 2.45) is 0 Å². The number of hydrogen-bond acceptors (Lipinski definition) is 6. The molecule has 1 fully saturated rings. The normalized spacial score (nSPS) is 14.9. The molecule has 1 aliphatic heterocycles. The molecule has 0 aliphatic carbocycles. The molecule has 0 bridgehead atoms. The lowest BCUT2D eigenvalue weighted by Crippen LogP contribution is -2.57. The zero-order valence-electron chi connectivity index (χ0n) is 18.2. The number of rotatable bonds is 6. The highest BCUT2D eigenvalue weighted by molar-refractivity contribution is 7.92. The molecular formula is C24H23N3O6S. The summed E-state index contributed by atoms with van der Waals surface area (Å²) < 4.78 is 31.7. The van der Waals surface area contributed by atoms with E-state index >= 15 is 0 Å². The Labute approximate surface area is 196 Å². The van der Waals surface area contributed by atoms with Crippen LogP contribution >= 0.6 is 0 Å². The highest BCUT2D eigenvalue weighted by Gasteiger charge is 2.40. The van der Waals surface area contributed by atoms with E-state index in [1.807, 2.05) is 6.07 Å². The fourth-order valence-corrected chi connectivity index (χ4v) is 5.16. The van der Waals surface area contributed by atoms with Gasteiger partial charge >= 0.3 is 0 Å². The van der Waals surface area contributed by atoms with Crippen LogP contribution in [0.3, 0.4) is 0 Å². The number of sulfone groups is 1. The number of furan rings is 1. The third-order valence-corrected chi connectivity index (χ3v) is 7.38. The van der Waals surface area contributed by atoms with E-state index in [1.54, 1.807) is 35.2 Å². The maximum atomic E-state index is 13.4. The van der Waals surface area contributed by atoms with E-state index in [1.165, 1.54) is 47.6 Å². The SMILES string of the molecule is O=C(N[C@H](C(=O)N1CCN(C(=O)c2ccccc2)CC1)S(=O)(=O)c1ccccc1)c1ccco1. The fraction of sp³-hybridized carbons (Fsp3) is 0.208. The van der Waals surface area contributed by atoms with Crippen LogP contribution in [-0.4, -0.2) is 67.5 Å². The fourth-order valence-electron chi connectivity index (χ4n) is 3.68. The number of carbonyl (C=O) groups excluding carboxylic acids is 3. The Morgan fingerprint density at radius 3 is 1.97 bits per heavy atom. The third kappa shape index (κ3) is 4.86. The Balaban J connectivity index is 1.53. The summed E-state index contributed by atoms with van der Waals surface area (Å²) in [5.41, 5.74) is 0.539. The zero-order valence-corrected chi connectivity index (χ0v) is 19.0. The number of amides is 3. The molecule has 0 saturated carbocycles. The van der Waals surface area contributed by atoms with Crippen LogP contribution in [0, 0.1) is 0 Å². The van der Waals surface area contributed by atoms with Gasteiger partial charge in [-0.05, 0) is 36.4 Å². The predicted molar refractivity (Wildman–Crippen MR) is 123 cm³/mol. The van der Waals surface area contributed by atoms with Crippen LogP contribution in [0.2, 0.25) is 0 Å². The number of nitrogens with one attached hydrogen (secondary N) is 1. The van der Waals surface area contributed by atoms with E-state index in [0.717, 1.165) is 0 Å². The van der Waals surface area contributed by atoms with Crippen molar-refractivity contribution in [1.82, 2.24) is 15.1 Å². The van der Waals surface area contributed by atoms with Crippen molar-refractivity contribution in [3.8, 4) is 0 Å². The average Bonchev–Trinajstić information content (AvgIpc) is 3.43. The van der Waals surface area contributed by atoms with Crippen molar-refractivity contribution in [3.63, 3.8) is 0 Å². The number of benzene rings is 2. The molecule has 0 unspecified atom stereocenters. The van der Waals surface area contributed by atoms with Crippen LogP contribution in [0.1, 0.15) is 20.9 Å². The molecule has 0 spiro atoms. The minimum Gasteiger partial charge on any atom is -0.459 e. The van der Waals surface area contributed by atoms with E-state index in [9.17, 15) is 22.8 Å². The lowest BCUT2D eigenvalue weighted by molar-refractivity contribution is -0.132. The summed E-state index contributed by atoms with van der Waals surface area (Å²) in [4.78, 5) is 41.5. The first-order valence-electron chi connectivity index (χ1n) is 10.6. The summed E-state index contributed by atoms with van der Waals surface area (Å²) in [6.07, 6.45) is 1.28. The van der Waals surface area contributed by atoms with Gasteiger partial charge in [-0.15, -0.1) is 0 Å². The van der Waals surface area contributed by atoms with E-state index in [2.05, 4.69) is 5.32 Å². The van der Waals surface area contributed by atoms with Gasteiger partial charge in [-0.25, -0.2) is 8.42 Å². The second-order valence-corrected chi connectivity index (χ2v) is 9.71. The van der Waals surface area contributed by atoms with Crippen molar-refractivity contribution >= 4 is 27.6 Å². The molecule has 3 amide bonds. The van der Waals surface area contributed by atoms with Crippen LogP contribution in [0.4, 0.5) is 0 Å². The molecule has 3 aromatic rings. The van der Waals surface area contributed by atoms with Gasteiger partial charge < -0.3 is 19.5 Å². The van der Waals surface area contributed by atoms with Crippen LogP contribution in [0.15, 0.2) is 88.4 Å². The summed E-state index contributed by atoms with van der Waals surface area (Å²) >= 11 is 0. The van der Waals surface area contributed by atoms with E-state index < -0.39 is 27.0 Å². The Morgan fingerprint density at radius 1 is 0.794 bits per heavy atom. The van der Waals surface area contributed by atoms with Gasteiger partial charge in [-0.3, -0.25) is 14.4 Å². The quantitative estimate of drug-likeness (QED) is 0.574. The molecule has 2 aromatic carbocycles. The summed E-state index contributed by atoms with van der Waals surface area (Å²) in [6.45, 7) is 0.747. The second-order valence-electron chi connectivity index (χ2n) is 7.67. The monoisotopic (exact) mass is 481 g/mol. The van der Waals surface area contributed by atoms with Gasteiger partial charge in [0.1, 0.15) is 0 Å². The smallest absolute Gasteiger partial charge is 0.288 e. The molecule has 10 heteroatoms. The van der Waals surface area contributed by atoms with Gasteiger partial charge in [0.25, 0.3) is 17.7 Å². The van der Waals surface area contributed by atoms with Gasteiger partial charge in [0, 0.05) is 31.7 Å². The van der Waals surface area contributed by atoms with Crippen molar-refractivity contribution in [2.75, 3.05) is 26.2 Å². The molecule has 176 valence electrons. The molecule has 1 aliphatic rings. The number of carbonyl (C=O) groups is 3. The minimum absolute atomic E-state index is 0.0917. The van der Waals surface area contributed by atoms with Crippen LogP contribution in [0.5, 0.6) is 0 Å². The van der Waals surface area contributed by atoms with Crippen LogP contribution in [-0.2, 0) is 14.6 Å². The standard InChI is InChI=1S/C24H23N3O6S/c28-21(20-12-7-17-33-20)25-22(34(31,32)19-10-5-2-6-11-19)24(30)27-15-13-26(14-16-27)23(29)18-8-3-1-4-9-18/h1-12,17,22H,13-16H2,(H,25,28)/t22-/m0/s1. The molecule has 1 N–H and O–H groups in total. The Morgan fingerprint density at radius 2 is 1.38 bits per heavy atom. The van der Waals surface area contributed by atoms with Crippen LogP contribution < -0.4 is 5.32 Å². The maximum Gasteiger partial charge on any atom is 0.288 e. The third-order valence-electron chi connectivity index (χ3n) is 5.51. The summed E-state index contributed by atoms with van der Waals surface area (Å²) in [5, 5.41) is 0.479. The summed E-state index contributed by atoms with van der Waals surface area (Å²) in [6, 6.07) is 19.1. The van der Waals surface area contributed by atoms with Crippen molar-refractivity contribution in [1.29, 1.82) is 0 Å². The first-order chi connectivity index (χ1) is 16.4. The van der Waals surface area contributed by atoms with Gasteiger partial charge in [0.2, 0.25) is 15.2 Å². The molecular weight excluding hydrogens is 458 g/mol. The van der Waals surface area contributed by atoms with Crippen molar-refractivity contribution < 1.29 is 27.2 Å². The van der Waals surface area contributed by atoms with Gasteiger partial charge in [-0.1, -0.05) is 36.4 Å². The van der Waals surface area contributed by atoms with E-state index in [-0.39, 0.29) is 42.7 Å². The molecule has 1 aromatic heterocycles. The Bertz CT molecular complexity index is 1250. The van der Waals surface area contributed by atoms with Gasteiger partial charge in [-0.2, -0.15) is 0 Å². The first kappa shape index (κ1) is 23.2. The number of hydrogen-bond donors (Lipinski definition) is 1. The minimum atomic E-state index is -4.25. The van der Waals surface area contributed by atoms with E-state index in [4.69, 9.17) is 4.42 Å². The molecule has 34 heavy (non-hydrogen) atoms. The molecule has 1 saturated heterocycles. The highest BCUT2D eigenvalue weighted by Crippen LogP contribution is 2.18. The average molecular weight is 482 g/mol. The van der Waals surface area contributed by atoms with Crippen LogP contribution in [0.25, 0.3) is 0 Å². The predicted octanol–water partition coefficient (Wildman–Crippen LogP) is 1.79. The van der Waals surface area contributed by atoms with Crippen molar-refractivity contribution in [3.05, 3.63) is 90.4 Å². The highest BCUT2D eigenvalue weighted by atomic mass is 32.2. The molecule has 0 radical (unpaired) electrons. The number of nitrogens with zero attached hydrogens (tertiary/aromatic N) is 2. The van der Waals surface area contributed by atoms with Gasteiger partial charge in [0.15, 0.2) is 5.76 Å². The topological polar surface area (TPSA) is 117 Å². The Kier molecular flexibility index (Phi) is 6.78. The molecule has 4 rings (SSSR count). The van der Waals surface area contributed by atoms with Gasteiger partial charge in [0.05, 0.1) is 11.2 Å². The first-order valence-corrected chi connectivity index (χ1v) is 12.2. The largest absolute Gasteiger partial charge is 0.459 e. The number of piperazine rings is 1. The Hall–Kier alpha value is -3.92. The lowest BCUT2D eigenvalue weighted by Gasteiger charge is -2.36. The molecule has 2 heterocycles. The maximum absolute atomic E-state index is 13.4. The molecule has 1 atom stereocenters.